The van der Waals surface area contributed by atoms with Crippen LogP contribution in [-0.2, 0) is 0 Å². The molecule has 1 unspecified atom stereocenters. The standard InChI is InChI=1S/C14H17ClF2/c1-13(2)12(14(13,3)4)11(15)8-5-6-9(16)10(17)7-8/h5-7,11-12H,1-4H3. The third-order valence-corrected chi connectivity index (χ3v) is 5.19. The van der Waals surface area contributed by atoms with Crippen LogP contribution in [-0.4, -0.2) is 0 Å². The Balaban J connectivity index is 2.28. The SMILES string of the molecule is CC1(C)C(C(Cl)c2ccc(F)c(F)c2)C1(C)C. The highest BCUT2D eigenvalue weighted by Gasteiger charge is 2.67. The Hall–Kier alpha value is -0.630. The van der Waals surface area contributed by atoms with Crippen molar-refractivity contribution in [1.29, 1.82) is 0 Å². The van der Waals surface area contributed by atoms with Crippen LogP contribution >= 0.6 is 11.6 Å². The lowest BCUT2D eigenvalue weighted by atomic mass is 10.0. The van der Waals surface area contributed by atoms with Gasteiger partial charge in [0.25, 0.3) is 0 Å². The topological polar surface area (TPSA) is 0 Å². The van der Waals surface area contributed by atoms with E-state index in [0.29, 0.717) is 5.56 Å². The summed E-state index contributed by atoms with van der Waals surface area (Å²) in [5.41, 5.74) is 0.920. The van der Waals surface area contributed by atoms with Crippen molar-refractivity contribution >= 4 is 11.6 Å². The fourth-order valence-electron chi connectivity index (χ4n) is 2.86. The molecule has 2 rings (SSSR count). The van der Waals surface area contributed by atoms with Crippen molar-refractivity contribution in [2.45, 2.75) is 33.1 Å². The maximum Gasteiger partial charge on any atom is 0.159 e. The van der Waals surface area contributed by atoms with Crippen molar-refractivity contribution < 1.29 is 8.78 Å². The first-order valence-electron chi connectivity index (χ1n) is 5.78. The Bertz CT molecular complexity index is 438. The maximum absolute atomic E-state index is 13.2. The molecule has 1 saturated carbocycles. The molecule has 0 aliphatic heterocycles. The van der Waals surface area contributed by atoms with E-state index in [9.17, 15) is 8.78 Å². The molecule has 0 bridgehead atoms. The van der Waals surface area contributed by atoms with Crippen LogP contribution in [0.25, 0.3) is 0 Å². The van der Waals surface area contributed by atoms with E-state index in [1.54, 1.807) is 6.07 Å². The Labute approximate surface area is 106 Å². The van der Waals surface area contributed by atoms with Crippen LogP contribution in [0.3, 0.4) is 0 Å². The third kappa shape index (κ3) is 1.77. The monoisotopic (exact) mass is 258 g/mol. The first kappa shape index (κ1) is 12.8. The number of benzene rings is 1. The quantitative estimate of drug-likeness (QED) is 0.660. The fraction of sp³-hybridized carbons (Fsp3) is 0.571. The highest BCUT2D eigenvalue weighted by atomic mass is 35.5. The van der Waals surface area contributed by atoms with Gasteiger partial charge in [0.05, 0.1) is 5.38 Å². The molecule has 0 spiro atoms. The molecule has 1 fully saturated rings. The molecule has 1 aromatic carbocycles. The van der Waals surface area contributed by atoms with Crippen molar-refractivity contribution in [1.82, 2.24) is 0 Å². The van der Waals surface area contributed by atoms with E-state index in [0.717, 1.165) is 6.07 Å². The van der Waals surface area contributed by atoms with Crippen LogP contribution in [0.15, 0.2) is 18.2 Å². The number of hydrogen-bond donors (Lipinski definition) is 0. The summed E-state index contributed by atoms with van der Waals surface area (Å²) >= 11 is 6.41. The zero-order valence-electron chi connectivity index (χ0n) is 10.5. The van der Waals surface area contributed by atoms with Gasteiger partial charge in [0.2, 0.25) is 0 Å². The zero-order chi connectivity index (χ0) is 13.0. The number of alkyl halides is 1. The molecule has 3 heteroatoms. The van der Waals surface area contributed by atoms with E-state index in [2.05, 4.69) is 27.7 Å². The molecule has 94 valence electrons. The molecule has 0 amide bonds. The lowest BCUT2D eigenvalue weighted by molar-refractivity contribution is 0.457. The average Bonchev–Trinajstić information content (AvgIpc) is 2.61. The lowest BCUT2D eigenvalue weighted by Crippen LogP contribution is -2.01. The minimum Gasteiger partial charge on any atom is -0.204 e. The minimum absolute atomic E-state index is 0.129. The van der Waals surface area contributed by atoms with E-state index < -0.39 is 11.6 Å². The Morgan fingerprint density at radius 3 is 2.00 bits per heavy atom. The van der Waals surface area contributed by atoms with Gasteiger partial charge in [-0.3, -0.25) is 0 Å². The molecule has 1 aliphatic carbocycles. The van der Waals surface area contributed by atoms with Gasteiger partial charge in [-0.15, -0.1) is 11.6 Å². The molecular weight excluding hydrogens is 242 g/mol. The van der Waals surface area contributed by atoms with Crippen LogP contribution in [0.1, 0.15) is 38.6 Å². The molecule has 0 heterocycles. The summed E-state index contributed by atoms with van der Waals surface area (Å²) < 4.78 is 26.0. The Kier molecular flexibility index (Phi) is 2.77. The van der Waals surface area contributed by atoms with Gasteiger partial charge in [-0.2, -0.15) is 0 Å². The molecule has 0 aromatic heterocycles. The van der Waals surface area contributed by atoms with Crippen LogP contribution < -0.4 is 0 Å². The third-order valence-electron chi connectivity index (χ3n) is 4.69. The van der Waals surface area contributed by atoms with Crippen LogP contribution in [0.5, 0.6) is 0 Å². The molecule has 1 aromatic rings. The van der Waals surface area contributed by atoms with Crippen LogP contribution in [0.2, 0.25) is 0 Å². The average molecular weight is 259 g/mol. The van der Waals surface area contributed by atoms with Gasteiger partial charge in [-0.05, 0) is 34.4 Å². The first-order chi connectivity index (χ1) is 7.69. The molecular formula is C14H17ClF2. The van der Waals surface area contributed by atoms with Gasteiger partial charge in [-0.1, -0.05) is 33.8 Å². The van der Waals surface area contributed by atoms with Crippen molar-refractivity contribution in [3.05, 3.63) is 35.4 Å². The Morgan fingerprint density at radius 1 is 1.06 bits per heavy atom. The number of hydrogen-bond acceptors (Lipinski definition) is 0. The van der Waals surface area contributed by atoms with Crippen molar-refractivity contribution in [3.8, 4) is 0 Å². The summed E-state index contributed by atoms with van der Waals surface area (Å²) in [5, 5.41) is -0.268. The van der Waals surface area contributed by atoms with Gasteiger partial charge < -0.3 is 0 Å². The van der Waals surface area contributed by atoms with Gasteiger partial charge in [-0.25, -0.2) is 8.78 Å². The molecule has 0 radical (unpaired) electrons. The van der Waals surface area contributed by atoms with Gasteiger partial charge >= 0.3 is 0 Å². The maximum atomic E-state index is 13.2. The fourth-order valence-corrected chi connectivity index (χ4v) is 3.62. The summed E-state index contributed by atoms with van der Waals surface area (Å²) in [7, 11) is 0. The van der Waals surface area contributed by atoms with E-state index in [1.807, 2.05) is 0 Å². The summed E-state index contributed by atoms with van der Waals surface area (Å²) in [6.07, 6.45) is 0. The summed E-state index contributed by atoms with van der Waals surface area (Å²) in [5.74, 6) is -1.38. The zero-order valence-corrected chi connectivity index (χ0v) is 11.3. The summed E-state index contributed by atoms with van der Waals surface area (Å²) in [6, 6.07) is 3.92. The highest BCUT2D eigenvalue weighted by molar-refractivity contribution is 6.21. The van der Waals surface area contributed by atoms with Crippen LogP contribution in [0, 0.1) is 28.4 Å². The second-order valence-corrected chi connectivity index (χ2v) is 6.47. The predicted molar refractivity (Wildman–Crippen MR) is 66.0 cm³/mol. The number of halogens is 3. The molecule has 0 nitrogen and oxygen atoms in total. The molecule has 1 aliphatic rings. The second kappa shape index (κ2) is 3.68. The first-order valence-corrected chi connectivity index (χ1v) is 6.22. The van der Waals surface area contributed by atoms with Crippen LogP contribution in [0.4, 0.5) is 8.78 Å². The van der Waals surface area contributed by atoms with E-state index >= 15 is 0 Å². The summed E-state index contributed by atoms with van der Waals surface area (Å²) in [6.45, 7) is 8.64. The predicted octanol–water partition coefficient (Wildman–Crippen LogP) is 4.93. The van der Waals surface area contributed by atoms with Crippen molar-refractivity contribution in [2.24, 2.45) is 16.7 Å². The minimum atomic E-state index is -0.829. The van der Waals surface area contributed by atoms with Crippen molar-refractivity contribution in [2.75, 3.05) is 0 Å². The normalized spacial score (nSPS) is 23.5. The smallest absolute Gasteiger partial charge is 0.159 e. The van der Waals surface area contributed by atoms with Gasteiger partial charge in [0, 0.05) is 0 Å². The van der Waals surface area contributed by atoms with E-state index in [-0.39, 0.29) is 22.1 Å². The largest absolute Gasteiger partial charge is 0.204 e. The molecule has 1 atom stereocenters. The Morgan fingerprint density at radius 2 is 1.59 bits per heavy atom. The molecule has 0 saturated heterocycles. The van der Waals surface area contributed by atoms with Gasteiger partial charge in [0.1, 0.15) is 0 Å². The number of rotatable bonds is 2. The van der Waals surface area contributed by atoms with E-state index in [1.165, 1.54) is 6.07 Å². The highest BCUT2D eigenvalue weighted by Crippen LogP contribution is 2.73. The molecule has 0 N–H and O–H groups in total. The van der Waals surface area contributed by atoms with E-state index in [4.69, 9.17) is 11.6 Å². The lowest BCUT2D eigenvalue weighted by Gasteiger charge is -2.12. The van der Waals surface area contributed by atoms with Crippen molar-refractivity contribution in [3.63, 3.8) is 0 Å². The second-order valence-electron chi connectivity index (χ2n) is 6.00. The summed E-state index contributed by atoms with van der Waals surface area (Å²) in [4.78, 5) is 0. The molecule has 17 heavy (non-hydrogen) atoms. The van der Waals surface area contributed by atoms with Gasteiger partial charge in [0.15, 0.2) is 11.6 Å².